The highest BCUT2D eigenvalue weighted by Crippen LogP contribution is 2.23. The van der Waals surface area contributed by atoms with E-state index in [0.717, 1.165) is 5.92 Å². The minimum Gasteiger partial charge on any atom is -0.309 e. The van der Waals surface area contributed by atoms with Crippen LogP contribution in [0, 0.1) is 5.92 Å². The minimum absolute atomic E-state index is 1.00. The van der Waals surface area contributed by atoms with Gasteiger partial charge in [-0.3, -0.25) is 0 Å². The van der Waals surface area contributed by atoms with E-state index in [1.165, 1.54) is 38.6 Å². The molecule has 1 aliphatic rings. The van der Waals surface area contributed by atoms with E-state index in [9.17, 15) is 0 Å². The lowest BCUT2D eigenvalue weighted by Crippen LogP contribution is -2.23. The summed E-state index contributed by atoms with van der Waals surface area (Å²) in [7, 11) is 4.35. The first-order valence-electron chi connectivity index (χ1n) is 4.44. The van der Waals surface area contributed by atoms with Gasteiger partial charge >= 0.3 is 0 Å². The van der Waals surface area contributed by atoms with Gasteiger partial charge in [0.25, 0.3) is 0 Å². The SMILES string of the molecule is CN(C)CC1CCCCC1. The van der Waals surface area contributed by atoms with Crippen molar-refractivity contribution in [2.45, 2.75) is 32.1 Å². The average molecular weight is 141 g/mol. The Morgan fingerprint density at radius 3 is 2.20 bits per heavy atom. The quantitative estimate of drug-likeness (QED) is 0.569. The maximum atomic E-state index is 2.32. The monoisotopic (exact) mass is 141 g/mol. The fourth-order valence-electron chi connectivity index (χ4n) is 1.89. The van der Waals surface area contributed by atoms with Crippen molar-refractivity contribution in [2.75, 3.05) is 20.6 Å². The van der Waals surface area contributed by atoms with Gasteiger partial charge in [0.2, 0.25) is 0 Å². The molecule has 1 heteroatoms. The van der Waals surface area contributed by atoms with Crippen molar-refractivity contribution in [2.24, 2.45) is 5.92 Å². The highest BCUT2D eigenvalue weighted by Gasteiger charge is 2.13. The lowest BCUT2D eigenvalue weighted by molar-refractivity contribution is 0.264. The molecule has 1 aliphatic carbocycles. The van der Waals surface area contributed by atoms with Gasteiger partial charge in [0.1, 0.15) is 0 Å². The predicted octanol–water partition coefficient (Wildman–Crippen LogP) is 2.13. The highest BCUT2D eigenvalue weighted by atomic mass is 15.1. The first kappa shape index (κ1) is 8.06. The summed E-state index contributed by atoms with van der Waals surface area (Å²) in [6.07, 6.45) is 7.36. The van der Waals surface area contributed by atoms with Gasteiger partial charge in [0.15, 0.2) is 0 Å². The van der Waals surface area contributed by atoms with Gasteiger partial charge < -0.3 is 4.90 Å². The zero-order valence-corrected chi connectivity index (χ0v) is 7.27. The normalized spacial score (nSPS) is 21.9. The summed E-state index contributed by atoms with van der Waals surface area (Å²) in [6, 6.07) is 0. The van der Waals surface area contributed by atoms with Crippen LogP contribution in [-0.4, -0.2) is 25.5 Å². The van der Waals surface area contributed by atoms with E-state index in [0.29, 0.717) is 0 Å². The van der Waals surface area contributed by atoms with Crippen LogP contribution in [0.5, 0.6) is 0 Å². The van der Waals surface area contributed by atoms with E-state index in [1.54, 1.807) is 0 Å². The number of hydrogen-bond donors (Lipinski definition) is 0. The molecule has 0 radical (unpaired) electrons. The highest BCUT2D eigenvalue weighted by molar-refractivity contribution is 4.67. The zero-order valence-electron chi connectivity index (χ0n) is 7.27. The van der Waals surface area contributed by atoms with Gasteiger partial charge in [-0.1, -0.05) is 19.3 Å². The van der Waals surface area contributed by atoms with Gasteiger partial charge in [-0.05, 0) is 32.9 Å². The van der Waals surface area contributed by atoms with Crippen LogP contribution >= 0.6 is 0 Å². The third-order valence-electron chi connectivity index (χ3n) is 2.35. The maximum Gasteiger partial charge on any atom is 0.000356 e. The van der Waals surface area contributed by atoms with Crippen molar-refractivity contribution in [3.8, 4) is 0 Å². The Bertz CT molecular complexity index is 82.7. The van der Waals surface area contributed by atoms with Crippen molar-refractivity contribution >= 4 is 0 Å². The third kappa shape index (κ3) is 2.70. The molecular formula is C9H19N. The molecule has 10 heavy (non-hydrogen) atoms. The predicted molar refractivity (Wildman–Crippen MR) is 45.1 cm³/mol. The second-order valence-corrected chi connectivity index (χ2v) is 3.77. The Labute approximate surface area is 64.4 Å². The Balaban J connectivity index is 2.13. The minimum atomic E-state index is 1.00. The largest absolute Gasteiger partial charge is 0.309 e. The van der Waals surface area contributed by atoms with Crippen molar-refractivity contribution in [1.82, 2.24) is 4.90 Å². The molecule has 0 aromatic heterocycles. The number of rotatable bonds is 2. The van der Waals surface area contributed by atoms with E-state index in [2.05, 4.69) is 19.0 Å². The van der Waals surface area contributed by atoms with Gasteiger partial charge in [-0.15, -0.1) is 0 Å². The van der Waals surface area contributed by atoms with Crippen LogP contribution in [0.1, 0.15) is 32.1 Å². The molecule has 0 aromatic carbocycles. The van der Waals surface area contributed by atoms with E-state index < -0.39 is 0 Å². The van der Waals surface area contributed by atoms with Crippen LogP contribution in [0.25, 0.3) is 0 Å². The van der Waals surface area contributed by atoms with Crippen molar-refractivity contribution in [3.05, 3.63) is 0 Å². The third-order valence-corrected chi connectivity index (χ3v) is 2.35. The second kappa shape index (κ2) is 3.97. The molecule has 1 saturated carbocycles. The van der Waals surface area contributed by atoms with Crippen LogP contribution in [-0.2, 0) is 0 Å². The topological polar surface area (TPSA) is 3.24 Å². The molecule has 60 valence electrons. The van der Waals surface area contributed by atoms with Crippen LogP contribution in [0.4, 0.5) is 0 Å². The summed E-state index contributed by atoms with van der Waals surface area (Å²) in [5, 5.41) is 0. The molecule has 0 spiro atoms. The standard InChI is InChI=1S/C9H19N/c1-10(2)8-9-6-4-3-5-7-9/h9H,3-8H2,1-2H3. The summed E-state index contributed by atoms with van der Waals surface area (Å²) < 4.78 is 0. The first-order valence-corrected chi connectivity index (χ1v) is 4.44. The summed E-state index contributed by atoms with van der Waals surface area (Å²) in [5.74, 6) is 1.00. The van der Waals surface area contributed by atoms with E-state index >= 15 is 0 Å². The van der Waals surface area contributed by atoms with Crippen LogP contribution < -0.4 is 0 Å². The molecule has 0 saturated heterocycles. The van der Waals surface area contributed by atoms with E-state index in [-0.39, 0.29) is 0 Å². The number of hydrogen-bond acceptors (Lipinski definition) is 1. The molecule has 0 unspecified atom stereocenters. The van der Waals surface area contributed by atoms with Gasteiger partial charge in [0.05, 0.1) is 0 Å². The summed E-state index contributed by atoms with van der Waals surface area (Å²) in [4.78, 5) is 2.32. The molecule has 0 N–H and O–H groups in total. The average Bonchev–Trinajstić information content (AvgIpc) is 1.88. The Hall–Kier alpha value is -0.0400. The molecule has 0 amide bonds. The Morgan fingerprint density at radius 2 is 1.70 bits per heavy atom. The Kier molecular flexibility index (Phi) is 3.20. The Morgan fingerprint density at radius 1 is 1.10 bits per heavy atom. The summed E-state index contributed by atoms with van der Waals surface area (Å²) in [5.41, 5.74) is 0. The lowest BCUT2D eigenvalue weighted by Gasteiger charge is -2.24. The summed E-state index contributed by atoms with van der Waals surface area (Å²) in [6.45, 7) is 1.31. The molecule has 0 atom stereocenters. The van der Waals surface area contributed by atoms with Gasteiger partial charge in [-0.2, -0.15) is 0 Å². The zero-order chi connectivity index (χ0) is 7.40. The van der Waals surface area contributed by atoms with Crippen molar-refractivity contribution < 1.29 is 0 Å². The molecule has 1 nitrogen and oxygen atoms in total. The van der Waals surface area contributed by atoms with Crippen LogP contribution in [0.15, 0.2) is 0 Å². The van der Waals surface area contributed by atoms with E-state index in [1.807, 2.05) is 0 Å². The molecule has 0 bridgehead atoms. The molecular weight excluding hydrogens is 122 g/mol. The van der Waals surface area contributed by atoms with Crippen LogP contribution in [0.2, 0.25) is 0 Å². The second-order valence-electron chi connectivity index (χ2n) is 3.77. The van der Waals surface area contributed by atoms with Gasteiger partial charge in [0, 0.05) is 6.54 Å². The van der Waals surface area contributed by atoms with E-state index in [4.69, 9.17) is 0 Å². The smallest absolute Gasteiger partial charge is 0.000356 e. The molecule has 0 aromatic rings. The van der Waals surface area contributed by atoms with Gasteiger partial charge in [-0.25, -0.2) is 0 Å². The van der Waals surface area contributed by atoms with Crippen LogP contribution in [0.3, 0.4) is 0 Å². The number of nitrogens with zero attached hydrogens (tertiary/aromatic N) is 1. The van der Waals surface area contributed by atoms with Crippen molar-refractivity contribution in [1.29, 1.82) is 0 Å². The summed E-state index contributed by atoms with van der Waals surface area (Å²) >= 11 is 0. The molecule has 0 aliphatic heterocycles. The molecule has 0 heterocycles. The van der Waals surface area contributed by atoms with Crippen molar-refractivity contribution in [3.63, 3.8) is 0 Å². The first-order chi connectivity index (χ1) is 4.79. The molecule has 1 rings (SSSR count). The maximum absolute atomic E-state index is 2.32. The molecule has 1 fully saturated rings. The fraction of sp³-hybridized carbons (Fsp3) is 1.00. The lowest BCUT2D eigenvalue weighted by atomic mass is 9.89. The fourth-order valence-corrected chi connectivity index (χ4v) is 1.89.